The van der Waals surface area contributed by atoms with E-state index in [4.69, 9.17) is 0 Å². The van der Waals surface area contributed by atoms with Gasteiger partial charge in [0.25, 0.3) is 0 Å². The van der Waals surface area contributed by atoms with Crippen molar-refractivity contribution in [2.75, 3.05) is 5.32 Å². The van der Waals surface area contributed by atoms with Crippen molar-refractivity contribution in [3.8, 4) is 0 Å². The average molecular weight is 287 g/mol. The number of aryl methyl sites for hydroxylation is 2. The second-order valence-corrected chi connectivity index (χ2v) is 5.95. The fraction of sp³-hybridized carbons (Fsp3) is 0.143. The van der Waals surface area contributed by atoms with E-state index in [9.17, 15) is 0 Å². The molecular weight excluding hydrogens is 266 g/mol. The highest BCUT2D eigenvalue weighted by Crippen LogP contribution is 2.22. The van der Waals surface area contributed by atoms with Crippen LogP contribution >= 0.6 is 0 Å². The molecule has 0 aliphatic rings. The van der Waals surface area contributed by atoms with Crippen LogP contribution in [0.25, 0.3) is 23.9 Å². The third-order valence-corrected chi connectivity index (χ3v) is 4.35. The van der Waals surface area contributed by atoms with Crippen LogP contribution in [0.2, 0.25) is 0 Å². The molecule has 1 N–H and O–H groups in total. The molecule has 0 aliphatic carbocycles. The molecule has 22 heavy (non-hydrogen) atoms. The Balaban J connectivity index is 2.23. The molecule has 3 aromatic carbocycles. The van der Waals surface area contributed by atoms with E-state index < -0.39 is 0 Å². The second kappa shape index (κ2) is 5.34. The van der Waals surface area contributed by atoms with Crippen molar-refractivity contribution in [1.29, 1.82) is 0 Å². The van der Waals surface area contributed by atoms with Gasteiger partial charge in [0.2, 0.25) is 0 Å². The van der Waals surface area contributed by atoms with Gasteiger partial charge in [-0.2, -0.15) is 0 Å². The maximum Gasteiger partial charge on any atom is 0.0493 e. The normalized spacial score (nSPS) is 10.9. The summed E-state index contributed by atoms with van der Waals surface area (Å²) in [5.41, 5.74) is 5.84. The predicted molar refractivity (Wildman–Crippen MR) is 98.2 cm³/mol. The molecule has 3 aromatic rings. The standard InChI is InChI=1S/C21H21N/c1-13-10-11-20(14(2)12-13)22-21-16(4)15(3)18-8-6-7-9-19(18)17(21)5/h6-12,22H,3,5H2,1-2,4H3. The van der Waals surface area contributed by atoms with Crippen LogP contribution in [0.3, 0.4) is 0 Å². The summed E-state index contributed by atoms with van der Waals surface area (Å²) in [7, 11) is 0. The number of benzene rings is 3. The Hall–Kier alpha value is -2.54. The fourth-order valence-electron chi connectivity index (χ4n) is 2.98. The quantitative estimate of drug-likeness (QED) is 0.740. The summed E-state index contributed by atoms with van der Waals surface area (Å²) < 4.78 is 0. The second-order valence-electron chi connectivity index (χ2n) is 5.95. The van der Waals surface area contributed by atoms with Crippen molar-refractivity contribution < 1.29 is 0 Å². The molecule has 0 saturated heterocycles. The number of anilines is 2. The largest absolute Gasteiger partial charge is 0.355 e. The molecule has 0 amide bonds. The Bertz CT molecular complexity index is 967. The van der Waals surface area contributed by atoms with Gasteiger partial charge in [0, 0.05) is 11.4 Å². The molecule has 1 nitrogen and oxygen atoms in total. The van der Waals surface area contributed by atoms with Gasteiger partial charge in [-0.25, -0.2) is 0 Å². The lowest BCUT2D eigenvalue weighted by molar-refractivity contribution is 1.34. The number of fused-ring (bicyclic) bond motifs is 1. The molecule has 0 atom stereocenters. The lowest BCUT2D eigenvalue weighted by Crippen LogP contribution is -2.19. The van der Waals surface area contributed by atoms with Crippen LogP contribution in [0.5, 0.6) is 0 Å². The molecule has 1 heteroatoms. The summed E-state index contributed by atoms with van der Waals surface area (Å²) in [6.45, 7) is 14.9. The average Bonchev–Trinajstić information content (AvgIpc) is 2.51. The Kier molecular flexibility index (Phi) is 3.50. The first-order valence-corrected chi connectivity index (χ1v) is 7.52. The van der Waals surface area contributed by atoms with Crippen LogP contribution < -0.4 is 15.8 Å². The zero-order valence-corrected chi connectivity index (χ0v) is 13.5. The summed E-state index contributed by atoms with van der Waals surface area (Å²) in [6, 6.07) is 14.8. The third-order valence-electron chi connectivity index (χ3n) is 4.35. The summed E-state index contributed by atoms with van der Waals surface area (Å²) in [4.78, 5) is 0. The monoisotopic (exact) mass is 287 g/mol. The van der Waals surface area contributed by atoms with Crippen molar-refractivity contribution in [1.82, 2.24) is 0 Å². The molecule has 0 radical (unpaired) electrons. The summed E-state index contributed by atoms with van der Waals surface area (Å²) in [5, 5.41) is 7.99. The van der Waals surface area contributed by atoms with E-state index in [0.717, 1.165) is 32.8 Å². The van der Waals surface area contributed by atoms with Crippen LogP contribution in [0.1, 0.15) is 16.7 Å². The van der Waals surface area contributed by atoms with Gasteiger partial charge in [-0.1, -0.05) is 55.1 Å². The Morgan fingerprint density at radius 3 is 2.09 bits per heavy atom. The highest BCUT2D eigenvalue weighted by Gasteiger charge is 2.08. The van der Waals surface area contributed by atoms with Crippen molar-refractivity contribution >= 4 is 35.3 Å². The van der Waals surface area contributed by atoms with E-state index in [2.05, 4.69) is 69.6 Å². The van der Waals surface area contributed by atoms with Crippen LogP contribution in [0.15, 0.2) is 42.5 Å². The lowest BCUT2D eigenvalue weighted by Gasteiger charge is -2.15. The van der Waals surface area contributed by atoms with Crippen LogP contribution in [0.4, 0.5) is 11.4 Å². The molecule has 3 rings (SSSR count). The highest BCUT2D eigenvalue weighted by atomic mass is 14.9. The van der Waals surface area contributed by atoms with E-state index in [1.807, 2.05) is 12.1 Å². The number of hydrogen-bond acceptors (Lipinski definition) is 1. The molecule has 0 saturated carbocycles. The van der Waals surface area contributed by atoms with Crippen LogP contribution in [-0.2, 0) is 0 Å². The molecule has 0 fully saturated rings. The van der Waals surface area contributed by atoms with E-state index >= 15 is 0 Å². The van der Waals surface area contributed by atoms with E-state index in [1.54, 1.807) is 0 Å². The van der Waals surface area contributed by atoms with Gasteiger partial charge in [0.15, 0.2) is 0 Å². The van der Waals surface area contributed by atoms with Crippen LogP contribution in [0, 0.1) is 20.8 Å². The summed E-state index contributed by atoms with van der Waals surface area (Å²) in [6.07, 6.45) is 0. The maximum atomic E-state index is 4.30. The minimum Gasteiger partial charge on any atom is -0.355 e. The molecule has 0 aliphatic heterocycles. The highest BCUT2D eigenvalue weighted by molar-refractivity contribution is 5.89. The van der Waals surface area contributed by atoms with Gasteiger partial charge in [-0.05, 0) is 59.2 Å². The van der Waals surface area contributed by atoms with Crippen molar-refractivity contribution in [3.05, 3.63) is 69.6 Å². The molecule has 0 bridgehead atoms. The molecule has 0 spiro atoms. The summed E-state index contributed by atoms with van der Waals surface area (Å²) >= 11 is 0. The molecule has 0 heterocycles. The van der Waals surface area contributed by atoms with Crippen molar-refractivity contribution in [2.45, 2.75) is 20.8 Å². The Morgan fingerprint density at radius 1 is 0.818 bits per heavy atom. The number of rotatable bonds is 2. The first-order chi connectivity index (χ1) is 10.5. The minimum atomic E-state index is 1.03. The van der Waals surface area contributed by atoms with Crippen LogP contribution in [-0.4, -0.2) is 0 Å². The molecular formula is C21H21N. The first kappa shape index (κ1) is 14.4. The van der Waals surface area contributed by atoms with E-state index in [0.29, 0.717) is 0 Å². The topological polar surface area (TPSA) is 12.0 Å². The van der Waals surface area contributed by atoms with Gasteiger partial charge in [-0.15, -0.1) is 0 Å². The van der Waals surface area contributed by atoms with Gasteiger partial charge in [0.05, 0.1) is 0 Å². The SMILES string of the molecule is C=c1c(C)c(Nc2ccc(C)cc2C)c(=C)c2ccccc12. The number of hydrogen-bond donors (Lipinski definition) is 1. The maximum absolute atomic E-state index is 4.30. The van der Waals surface area contributed by atoms with Crippen molar-refractivity contribution in [3.63, 3.8) is 0 Å². The minimum absolute atomic E-state index is 1.03. The van der Waals surface area contributed by atoms with Gasteiger partial charge in [0.1, 0.15) is 0 Å². The summed E-state index contributed by atoms with van der Waals surface area (Å²) in [5.74, 6) is 0. The first-order valence-electron chi connectivity index (χ1n) is 7.52. The Labute approximate surface area is 131 Å². The number of nitrogens with one attached hydrogen (secondary N) is 1. The van der Waals surface area contributed by atoms with Gasteiger partial charge < -0.3 is 5.32 Å². The third kappa shape index (κ3) is 2.29. The predicted octanol–water partition coefficient (Wildman–Crippen LogP) is 4.33. The zero-order valence-electron chi connectivity index (χ0n) is 13.5. The van der Waals surface area contributed by atoms with E-state index in [-0.39, 0.29) is 0 Å². The smallest absolute Gasteiger partial charge is 0.0493 e. The van der Waals surface area contributed by atoms with Gasteiger partial charge in [-0.3, -0.25) is 0 Å². The molecule has 0 unspecified atom stereocenters. The molecule has 110 valence electrons. The van der Waals surface area contributed by atoms with E-state index in [1.165, 1.54) is 16.5 Å². The fourth-order valence-corrected chi connectivity index (χ4v) is 2.98. The lowest BCUT2D eigenvalue weighted by atomic mass is 10.00. The Morgan fingerprint density at radius 2 is 1.45 bits per heavy atom. The van der Waals surface area contributed by atoms with Gasteiger partial charge >= 0.3 is 0 Å². The van der Waals surface area contributed by atoms with Crippen molar-refractivity contribution in [2.24, 2.45) is 0 Å². The zero-order chi connectivity index (χ0) is 15.9. The molecule has 0 aromatic heterocycles.